The van der Waals surface area contributed by atoms with E-state index in [9.17, 15) is 4.39 Å². The van der Waals surface area contributed by atoms with Crippen LogP contribution >= 0.6 is 0 Å². The van der Waals surface area contributed by atoms with E-state index in [2.05, 4.69) is 5.32 Å². The smallest absolute Gasteiger partial charge is 0.159 e. The SMILES string of the molecule is Fc1ccc(-c2nc3c(c(C4CCC4)n2)CNCC3)cc1. The van der Waals surface area contributed by atoms with Crippen LogP contribution in [0.1, 0.15) is 42.1 Å². The molecule has 0 bridgehead atoms. The van der Waals surface area contributed by atoms with E-state index < -0.39 is 0 Å². The molecule has 0 spiro atoms. The van der Waals surface area contributed by atoms with Crippen LogP contribution in [0.5, 0.6) is 0 Å². The van der Waals surface area contributed by atoms with Crippen LogP contribution < -0.4 is 5.32 Å². The highest BCUT2D eigenvalue weighted by atomic mass is 19.1. The molecule has 0 radical (unpaired) electrons. The summed E-state index contributed by atoms with van der Waals surface area (Å²) in [4.78, 5) is 9.58. The number of aromatic nitrogens is 2. The van der Waals surface area contributed by atoms with Gasteiger partial charge >= 0.3 is 0 Å². The average Bonchev–Trinajstić information content (AvgIpc) is 2.46. The molecule has 1 aliphatic carbocycles. The van der Waals surface area contributed by atoms with Crippen LogP contribution in [0.4, 0.5) is 4.39 Å². The van der Waals surface area contributed by atoms with Crippen LogP contribution in [-0.2, 0) is 13.0 Å². The first-order valence-electron chi connectivity index (χ1n) is 7.67. The highest BCUT2D eigenvalue weighted by Gasteiger charge is 2.27. The third-order valence-corrected chi connectivity index (χ3v) is 4.56. The molecule has 1 saturated carbocycles. The largest absolute Gasteiger partial charge is 0.312 e. The van der Waals surface area contributed by atoms with Crippen LogP contribution in [0.15, 0.2) is 24.3 Å². The van der Waals surface area contributed by atoms with Crippen LogP contribution in [0.2, 0.25) is 0 Å². The Balaban J connectivity index is 1.82. The molecule has 2 aromatic rings. The topological polar surface area (TPSA) is 37.8 Å². The maximum absolute atomic E-state index is 13.1. The Hall–Kier alpha value is -1.81. The van der Waals surface area contributed by atoms with E-state index in [0.717, 1.165) is 30.9 Å². The predicted molar refractivity (Wildman–Crippen MR) is 79.4 cm³/mol. The summed E-state index contributed by atoms with van der Waals surface area (Å²) >= 11 is 0. The number of nitrogens with one attached hydrogen (secondary N) is 1. The van der Waals surface area contributed by atoms with Crippen molar-refractivity contribution in [3.8, 4) is 11.4 Å². The predicted octanol–water partition coefficient (Wildman–Crippen LogP) is 3.20. The molecule has 4 rings (SSSR count). The first-order chi connectivity index (χ1) is 10.3. The first-order valence-corrected chi connectivity index (χ1v) is 7.67. The molecular formula is C17H18FN3. The third kappa shape index (κ3) is 2.33. The van der Waals surface area contributed by atoms with Crippen molar-refractivity contribution in [2.24, 2.45) is 0 Å². The molecule has 0 amide bonds. The molecule has 1 aromatic carbocycles. The summed E-state index contributed by atoms with van der Waals surface area (Å²) in [5, 5.41) is 3.42. The molecule has 0 atom stereocenters. The van der Waals surface area contributed by atoms with Crippen LogP contribution in [0.3, 0.4) is 0 Å². The van der Waals surface area contributed by atoms with Crippen LogP contribution in [0, 0.1) is 5.82 Å². The fourth-order valence-corrected chi connectivity index (χ4v) is 3.12. The zero-order valence-electron chi connectivity index (χ0n) is 11.9. The van der Waals surface area contributed by atoms with Gasteiger partial charge in [0.1, 0.15) is 5.82 Å². The Kier molecular flexibility index (Phi) is 3.19. The lowest BCUT2D eigenvalue weighted by Crippen LogP contribution is -2.28. The molecule has 108 valence electrons. The summed E-state index contributed by atoms with van der Waals surface area (Å²) in [5.41, 5.74) is 4.60. The van der Waals surface area contributed by atoms with Gasteiger partial charge in [-0.05, 0) is 37.1 Å². The number of benzene rings is 1. The minimum atomic E-state index is -0.222. The monoisotopic (exact) mass is 283 g/mol. The van der Waals surface area contributed by atoms with E-state index in [1.165, 1.54) is 48.3 Å². The summed E-state index contributed by atoms with van der Waals surface area (Å²) in [7, 11) is 0. The van der Waals surface area contributed by atoms with Gasteiger partial charge in [0.05, 0.1) is 11.4 Å². The maximum atomic E-state index is 13.1. The quantitative estimate of drug-likeness (QED) is 0.919. The molecule has 2 heterocycles. The minimum Gasteiger partial charge on any atom is -0.312 e. The normalized spacial score (nSPS) is 18.1. The second-order valence-corrected chi connectivity index (χ2v) is 5.92. The fraction of sp³-hybridized carbons (Fsp3) is 0.412. The number of rotatable bonds is 2. The van der Waals surface area contributed by atoms with Gasteiger partial charge in [0, 0.05) is 36.6 Å². The first kappa shape index (κ1) is 12.9. The van der Waals surface area contributed by atoms with Crippen molar-refractivity contribution >= 4 is 0 Å². The lowest BCUT2D eigenvalue weighted by molar-refractivity contribution is 0.404. The lowest BCUT2D eigenvalue weighted by atomic mass is 9.80. The van der Waals surface area contributed by atoms with Crippen molar-refractivity contribution in [1.82, 2.24) is 15.3 Å². The van der Waals surface area contributed by atoms with Crippen molar-refractivity contribution in [2.75, 3.05) is 6.54 Å². The van der Waals surface area contributed by atoms with Crippen molar-refractivity contribution in [3.05, 3.63) is 47.0 Å². The summed E-state index contributed by atoms with van der Waals surface area (Å²) in [6, 6.07) is 6.48. The van der Waals surface area contributed by atoms with Gasteiger partial charge in [-0.1, -0.05) is 6.42 Å². The van der Waals surface area contributed by atoms with Crippen molar-refractivity contribution < 1.29 is 4.39 Å². The van der Waals surface area contributed by atoms with Crippen LogP contribution in [-0.4, -0.2) is 16.5 Å². The Morgan fingerprint density at radius 3 is 2.62 bits per heavy atom. The number of fused-ring (bicyclic) bond motifs is 1. The number of hydrogen-bond donors (Lipinski definition) is 1. The summed E-state index contributed by atoms with van der Waals surface area (Å²) in [5.74, 6) is 1.11. The molecule has 21 heavy (non-hydrogen) atoms. The highest BCUT2D eigenvalue weighted by Crippen LogP contribution is 2.38. The molecular weight excluding hydrogens is 265 g/mol. The van der Waals surface area contributed by atoms with Crippen molar-refractivity contribution in [2.45, 2.75) is 38.1 Å². The third-order valence-electron chi connectivity index (χ3n) is 4.56. The Labute approximate surface area is 123 Å². The van der Waals surface area contributed by atoms with Crippen LogP contribution in [0.25, 0.3) is 11.4 Å². The molecule has 1 aromatic heterocycles. The molecule has 3 nitrogen and oxygen atoms in total. The molecule has 1 aliphatic heterocycles. The number of hydrogen-bond acceptors (Lipinski definition) is 3. The molecule has 4 heteroatoms. The lowest BCUT2D eigenvalue weighted by Gasteiger charge is -2.29. The average molecular weight is 283 g/mol. The second-order valence-electron chi connectivity index (χ2n) is 5.92. The zero-order chi connectivity index (χ0) is 14.2. The minimum absolute atomic E-state index is 0.222. The Bertz CT molecular complexity index is 662. The van der Waals surface area contributed by atoms with Gasteiger partial charge in [0.15, 0.2) is 5.82 Å². The van der Waals surface area contributed by atoms with Gasteiger partial charge in [-0.25, -0.2) is 14.4 Å². The molecule has 2 aliphatic rings. The van der Waals surface area contributed by atoms with E-state index in [0.29, 0.717) is 5.92 Å². The standard InChI is InChI=1S/C17H18FN3/c18-13-6-4-12(5-7-13)17-20-15-8-9-19-10-14(15)16(21-17)11-2-1-3-11/h4-7,11,19H,1-3,8-10H2. The summed E-state index contributed by atoms with van der Waals surface area (Å²) in [6.45, 7) is 1.85. The zero-order valence-corrected chi connectivity index (χ0v) is 11.9. The summed E-state index contributed by atoms with van der Waals surface area (Å²) < 4.78 is 13.1. The Morgan fingerprint density at radius 2 is 1.90 bits per heavy atom. The number of nitrogens with zero attached hydrogens (tertiary/aromatic N) is 2. The fourth-order valence-electron chi connectivity index (χ4n) is 3.12. The van der Waals surface area contributed by atoms with E-state index in [-0.39, 0.29) is 5.82 Å². The van der Waals surface area contributed by atoms with Gasteiger partial charge in [0.25, 0.3) is 0 Å². The van der Waals surface area contributed by atoms with E-state index in [1.807, 2.05) is 0 Å². The molecule has 0 saturated heterocycles. The molecule has 0 unspecified atom stereocenters. The van der Waals surface area contributed by atoms with Crippen molar-refractivity contribution in [3.63, 3.8) is 0 Å². The van der Waals surface area contributed by atoms with E-state index in [4.69, 9.17) is 9.97 Å². The summed E-state index contributed by atoms with van der Waals surface area (Å²) in [6.07, 6.45) is 4.70. The van der Waals surface area contributed by atoms with E-state index >= 15 is 0 Å². The van der Waals surface area contributed by atoms with Gasteiger partial charge < -0.3 is 5.32 Å². The van der Waals surface area contributed by atoms with Gasteiger partial charge in [-0.2, -0.15) is 0 Å². The Morgan fingerprint density at radius 1 is 1.10 bits per heavy atom. The highest BCUT2D eigenvalue weighted by molar-refractivity contribution is 5.56. The molecule has 1 N–H and O–H groups in total. The number of halogens is 1. The second kappa shape index (κ2) is 5.19. The van der Waals surface area contributed by atoms with E-state index in [1.54, 1.807) is 12.1 Å². The molecule has 1 fully saturated rings. The van der Waals surface area contributed by atoms with Gasteiger partial charge in [0.2, 0.25) is 0 Å². The maximum Gasteiger partial charge on any atom is 0.159 e. The van der Waals surface area contributed by atoms with Gasteiger partial charge in [-0.3, -0.25) is 0 Å². The van der Waals surface area contributed by atoms with Crippen molar-refractivity contribution in [1.29, 1.82) is 0 Å². The van der Waals surface area contributed by atoms with Gasteiger partial charge in [-0.15, -0.1) is 0 Å².